The third-order valence-corrected chi connectivity index (χ3v) is 5.60. The quantitative estimate of drug-likeness (QED) is 0.813. The molecule has 0 spiro atoms. The smallest absolute Gasteiger partial charge is 0.216 e. The SMILES string of the molecule is CC1CCCC(O)(CNS(=O)(=O)C(C)(C)C)C1. The van der Waals surface area contributed by atoms with Crippen molar-refractivity contribution >= 4 is 10.0 Å². The highest BCUT2D eigenvalue weighted by Gasteiger charge is 2.36. The van der Waals surface area contributed by atoms with Crippen molar-refractivity contribution in [1.82, 2.24) is 4.72 Å². The molecule has 5 heteroatoms. The minimum Gasteiger partial charge on any atom is -0.389 e. The van der Waals surface area contributed by atoms with Crippen molar-refractivity contribution < 1.29 is 13.5 Å². The van der Waals surface area contributed by atoms with Gasteiger partial charge < -0.3 is 5.11 Å². The number of hydrogen-bond acceptors (Lipinski definition) is 3. The molecule has 0 radical (unpaired) electrons. The first-order chi connectivity index (χ1) is 7.56. The van der Waals surface area contributed by atoms with Crippen molar-refractivity contribution in [3.8, 4) is 0 Å². The van der Waals surface area contributed by atoms with Gasteiger partial charge >= 0.3 is 0 Å². The maximum absolute atomic E-state index is 11.9. The highest BCUT2D eigenvalue weighted by molar-refractivity contribution is 7.90. The van der Waals surface area contributed by atoms with Gasteiger partial charge in [-0.25, -0.2) is 13.1 Å². The lowest BCUT2D eigenvalue weighted by Crippen LogP contribution is -2.49. The molecule has 1 aliphatic carbocycles. The second-order valence-electron chi connectivity index (χ2n) is 6.36. The van der Waals surface area contributed by atoms with Crippen molar-refractivity contribution in [3.63, 3.8) is 0 Å². The molecule has 0 aliphatic heterocycles. The van der Waals surface area contributed by atoms with Crippen LogP contribution in [0.5, 0.6) is 0 Å². The average Bonchev–Trinajstić information content (AvgIpc) is 2.13. The molecule has 0 amide bonds. The van der Waals surface area contributed by atoms with Gasteiger partial charge in [0.25, 0.3) is 0 Å². The molecule has 0 aromatic carbocycles. The van der Waals surface area contributed by atoms with Gasteiger partial charge in [-0.3, -0.25) is 0 Å². The molecule has 0 bridgehead atoms. The van der Waals surface area contributed by atoms with Crippen LogP contribution < -0.4 is 4.72 Å². The van der Waals surface area contributed by atoms with E-state index >= 15 is 0 Å². The zero-order chi connectivity index (χ0) is 13.3. The number of sulfonamides is 1. The van der Waals surface area contributed by atoms with Crippen molar-refractivity contribution in [1.29, 1.82) is 0 Å². The molecule has 1 aliphatic rings. The first-order valence-electron chi connectivity index (χ1n) is 6.27. The van der Waals surface area contributed by atoms with Gasteiger partial charge in [0.2, 0.25) is 10.0 Å². The van der Waals surface area contributed by atoms with Crippen molar-refractivity contribution in [2.75, 3.05) is 6.54 Å². The van der Waals surface area contributed by atoms with Gasteiger partial charge in [0.15, 0.2) is 0 Å². The maximum atomic E-state index is 11.9. The Kier molecular flexibility index (Phi) is 4.27. The molecular weight excluding hydrogens is 238 g/mol. The molecule has 0 aromatic rings. The summed E-state index contributed by atoms with van der Waals surface area (Å²) in [4.78, 5) is 0. The van der Waals surface area contributed by atoms with Crippen molar-refractivity contribution in [2.24, 2.45) is 5.92 Å². The number of rotatable bonds is 3. The zero-order valence-electron chi connectivity index (χ0n) is 11.3. The summed E-state index contributed by atoms with van der Waals surface area (Å²) in [6.45, 7) is 7.20. The Labute approximate surface area is 105 Å². The van der Waals surface area contributed by atoms with Gasteiger partial charge in [-0.05, 0) is 39.5 Å². The van der Waals surface area contributed by atoms with E-state index in [0.717, 1.165) is 12.8 Å². The van der Waals surface area contributed by atoms with Crippen LogP contribution in [0.15, 0.2) is 0 Å². The van der Waals surface area contributed by atoms with Crippen molar-refractivity contribution in [3.05, 3.63) is 0 Å². The van der Waals surface area contributed by atoms with Crippen LogP contribution in [-0.2, 0) is 10.0 Å². The maximum Gasteiger partial charge on any atom is 0.216 e. The largest absolute Gasteiger partial charge is 0.389 e. The minimum absolute atomic E-state index is 0.136. The first kappa shape index (κ1) is 14.9. The van der Waals surface area contributed by atoms with Crippen LogP contribution in [0, 0.1) is 5.92 Å². The molecule has 17 heavy (non-hydrogen) atoms. The Morgan fingerprint density at radius 2 is 2.00 bits per heavy atom. The first-order valence-corrected chi connectivity index (χ1v) is 7.76. The van der Waals surface area contributed by atoms with E-state index in [1.807, 2.05) is 0 Å². The van der Waals surface area contributed by atoms with E-state index in [1.54, 1.807) is 20.8 Å². The molecule has 2 N–H and O–H groups in total. The molecular formula is C12H25NO3S. The summed E-state index contributed by atoms with van der Waals surface area (Å²) in [5.74, 6) is 0.466. The lowest BCUT2D eigenvalue weighted by atomic mass is 9.79. The van der Waals surface area contributed by atoms with Gasteiger partial charge in [0.05, 0.1) is 10.3 Å². The van der Waals surface area contributed by atoms with Crippen molar-refractivity contribution in [2.45, 2.75) is 63.7 Å². The molecule has 102 valence electrons. The van der Waals surface area contributed by atoms with Gasteiger partial charge in [-0.2, -0.15) is 0 Å². The molecule has 1 fully saturated rings. The van der Waals surface area contributed by atoms with Crippen LogP contribution >= 0.6 is 0 Å². The molecule has 1 rings (SSSR count). The Morgan fingerprint density at radius 3 is 2.47 bits per heavy atom. The molecule has 1 saturated carbocycles. The second-order valence-corrected chi connectivity index (χ2v) is 8.88. The van der Waals surface area contributed by atoms with Crippen LogP contribution in [-0.4, -0.2) is 30.4 Å². The minimum atomic E-state index is -3.36. The standard InChI is InChI=1S/C12H25NO3S/c1-10-6-5-7-12(14,8-10)9-13-17(15,16)11(2,3)4/h10,13-14H,5-9H2,1-4H3. The lowest BCUT2D eigenvalue weighted by molar-refractivity contribution is -0.00759. The van der Waals surface area contributed by atoms with E-state index in [4.69, 9.17) is 0 Å². The van der Waals surface area contributed by atoms with E-state index in [-0.39, 0.29) is 6.54 Å². The second kappa shape index (κ2) is 4.86. The molecule has 0 aromatic heterocycles. The number of aliphatic hydroxyl groups is 1. The van der Waals surface area contributed by atoms with E-state index < -0.39 is 20.4 Å². The fraction of sp³-hybridized carbons (Fsp3) is 1.00. The summed E-state index contributed by atoms with van der Waals surface area (Å²) >= 11 is 0. The molecule has 2 atom stereocenters. The normalized spacial score (nSPS) is 31.5. The summed E-state index contributed by atoms with van der Waals surface area (Å²) in [6, 6.07) is 0. The highest BCUT2D eigenvalue weighted by atomic mass is 32.2. The van der Waals surface area contributed by atoms with Gasteiger partial charge in [0, 0.05) is 6.54 Å². The van der Waals surface area contributed by atoms with E-state index in [9.17, 15) is 13.5 Å². The Bertz CT molecular complexity index is 358. The summed E-state index contributed by atoms with van der Waals surface area (Å²) in [5, 5.41) is 10.3. The zero-order valence-corrected chi connectivity index (χ0v) is 12.1. The van der Waals surface area contributed by atoms with Crippen LogP contribution in [0.25, 0.3) is 0 Å². The van der Waals surface area contributed by atoms with Crippen LogP contribution in [0.2, 0.25) is 0 Å². The fourth-order valence-electron chi connectivity index (χ4n) is 2.24. The van der Waals surface area contributed by atoms with Gasteiger partial charge in [0.1, 0.15) is 0 Å². The molecule has 2 unspecified atom stereocenters. The van der Waals surface area contributed by atoms with E-state index in [2.05, 4.69) is 11.6 Å². The van der Waals surface area contributed by atoms with Crippen LogP contribution in [0.3, 0.4) is 0 Å². The number of nitrogens with one attached hydrogen (secondary N) is 1. The predicted octanol–water partition coefficient (Wildman–Crippen LogP) is 1.65. The summed E-state index contributed by atoms with van der Waals surface area (Å²) in [7, 11) is -3.36. The Hall–Kier alpha value is -0.130. The Morgan fingerprint density at radius 1 is 1.41 bits per heavy atom. The predicted molar refractivity (Wildman–Crippen MR) is 69.3 cm³/mol. The average molecular weight is 263 g/mol. The molecule has 0 saturated heterocycles. The lowest BCUT2D eigenvalue weighted by Gasteiger charge is -2.36. The molecule has 0 heterocycles. The molecule has 4 nitrogen and oxygen atoms in total. The summed E-state index contributed by atoms with van der Waals surface area (Å²) < 4.78 is 25.5. The third kappa shape index (κ3) is 3.93. The summed E-state index contributed by atoms with van der Waals surface area (Å²) in [5.41, 5.74) is -0.865. The van der Waals surface area contributed by atoms with Gasteiger partial charge in [-0.1, -0.05) is 19.8 Å². The van der Waals surface area contributed by atoms with E-state index in [0.29, 0.717) is 18.8 Å². The third-order valence-electron chi connectivity index (χ3n) is 3.46. The van der Waals surface area contributed by atoms with Crippen LogP contribution in [0.1, 0.15) is 53.4 Å². The highest BCUT2D eigenvalue weighted by Crippen LogP contribution is 2.32. The number of hydrogen-bond donors (Lipinski definition) is 2. The monoisotopic (exact) mass is 263 g/mol. The Balaban J connectivity index is 2.62. The summed E-state index contributed by atoms with van der Waals surface area (Å²) in [6.07, 6.45) is 3.45. The topological polar surface area (TPSA) is 66.4 Å². The van der Waals surface area contributed by atoms with Gasteiger partial charge in [-0.15, -0.1) is 0 Å². The van der Waals surface area contributed by atoms with E-state index in [1.165, 1.54) is 0 Å². The fourth-order valence-corrected chi connectivity index (χ4v) is 3.13. The van der Waals surface area contributed by atoms with Crippen LogP contribution in [0.4, 0.5) is 0 Å².